The van der Waals surface area contributed by atoms with Crippen LogP contribution in [-0.2, 0) is 0 Å². The van der Waals surface area contributed by atoms with E-state index in [2.05, 4.69) is 23.2 Å². The number of hydrogen-bond acceptors (Lipinski definition) is 2. The summed E-state index contributed by atoms with van der Waals surface area (Å²) >= 11 is 12.2. The highest BCUT2D eigenvalue weighted by molar-refractivity contribution is 6.42. The van der Waals surface area contributed by atoms with Crippen LogP contribution in [0.15, 0.2) is 18.2 Å². The fourth-order valence-corrected chi connectivity index (χ4v) is 4.24. The Morgan fingerprint density at radius 1 is 1.19 bits per heavy atom. The standard InChI is InChI=1S/C17H24Cl2N2/c1-13(14-4-5-15(18)16(19)10-14)21-9-3-7-17(12-21)6-2-8-20-11-17/h4-5,10,13,20H,2-3,6-9,11-12H2,1H3. The highest BCUT2D eigenvalue weighted by Crippen LogP contribution is 2.39. The third-order valence-corrected chi connectivity index (χ3v) is 5.96. The molecule has 2 aliphatic heterocycles. The Hall–Kier alpha value is -0.280. The highest BCUT2D eigenvalue weighted by Gasteiger charge is 2.37. The summed E-state index contributed by atoms with van der Waals surface area (Å²) in [4.78, 5) is 2.62. The summed E-state index contributed by atoms with van der Waals surface area (Å²) < 4.78 is 0. The molecule has 3 rings (SSSR count). The molecule has 2 fully saturated rings. The molecule has 2 unspecified atom stereocenters. The van der Waals surface area contributed by atoms with Crippen molar-refractivity contribution in [2.75, 3.05) is 26.2 Å². The topological polar surface area (TPSA) is 15.3 Å². The molecule has 0 aliphatic carbocycles. The Labute approximate surface area is 137 Å². The Kier molecular flexibility index (Phi) is 4.80. The summed E-state index contributed by atoms with van der Waals surface area (Å²) in [5.41, 5.74) is 1.76. The van der Waals surface area contributed by atoms with E-state index in [0.29, 0.717) is 21.5 Å². The van der Waals surface area contributed by atoms with Crippen molar-refractivity contribution in [2.45, 2.75) is 38.6 Å². The van der Waals surface area contributed by atoms with Gasteiger partial charge in [-0.2, -0.15) is 0 Å². The van der Waals surface area contributed by atoms with Gasteiger partial charge in [0.1, 0.15) is 0 Å². The summed E-state index contributed by atoms with van der Waals surface area (Å²) in [6.45, 7) is 7.03. The zero-order valence-electron chi connectivity index (χ0n) is 12.7. The van der Waals surface area contributed by atoms with Gasteiger partial charge < -0.3 is 5.32 Å². The lowest BCUT2D eigenvalue weighted by Crippen LogP contribution is -2.51. The zero-order chi connectivity index (χ0) is 14.9. The molecule has 2 heterocycles. The second-order valence-corrected chi connectivity index (χ2v) is 7.52. The van der Waals surface area contributed by atoms with Crippen LogP contribution in [0.4, 0.5) is 0 Å². The number of piperidine rings is 2. The van der Waals surface area contributed by atoms with Crippen LogP contribution in [0.5, 0.6) is 0 Å². The molecule has 0 amide bonds. The molecule has 0 saturated carbocycles. The number of halogens is 2. The second-order valence-electron chi connectivity index (χ2n) is 6.70. The van der Waals surface area contributed by atoms with E-state index in [1.165, 1.54) is 57.4 Å². The van der Waals surface area contributed by atoms with Crippen LogP contribution >= 0.6 is 23.2 Å². The van der Waals surface area contributed by atoms with Gasteiger partial charge in [0, 0.05) is 19.1 Å². The van der Waals surface area contributed by atoms with Gasteiger partial charge in [-0.05, 0) is 68.8 Å². The van der Waals surface area contributed by atoms with E-state index in [1.807, 2.05) is 12.1 Å². The smallest absolute Gasteiger partial charge is 0.0595 e. The first-order valence-corrected chi connectivity index (χ1v) is 8.75. The molecular weight excluding hydrogens is 303 g/mol. The van der Waals surface area contributed by atoms with Crippen molar-refractivity contribution in [1.82, 2.24) is 10.2 Å². The van der Waals surface area contributed by atoms with Gasteiger partial charge >= 0.3 is 0 Å². The minimum absolute atomic E-state index is 0.402. The molecule has 0 radical (unpaired) electrons. The minimum atomic E-state index is 0.402. The van der Waals surface area contributed by atoms with Crippen molar-refractivity contribution in [3.05, 3.63) is 33.8 Å². The predicted octanol–water partition coefficient (Wildman–Crippen LogP) is 4.52. The SMILES string of the molecule is CC(c1ccc(Cl)c(Cl)c1)N1CCCC2(CCCNC2)C1. The van der Waals surface area contributed by atoms with Crippen LogP contribution in [0.3, 0.4) is 0 Å². The van der Waals surface area contributed by atoms with Crippen LogP contribution in [0, 0.1) is 5.41 Å². The quantitative estimate of drug-likeness (QED) is 0.859. The van der Waals surface area contributed by atoms with Gasteiger partial charge in [0.2, 0.25) is 0 Å². The number of rotatable bonds is 2. The number of likely N-dealkylation sites (tertiary alicyclic amines) is 1. The first-order valence-electron chi connectivity index (χ1n) is 7.99. The Morgan fingerprint density at radius 3 is 2.71 bits per heavy atom. The van der Waals surface area contributed by atoms with Gasteiger partial charge in [0.15, 0.2) is 0 Å². The molecule has 1 N–H and O–H groups in total. The van der Waals surface area contributed by atoms with E-state index in [1.54, 1.807) is 0 Å². The summed E-state index contributed by atoms with van der Waals surface area (Å²) in [7, 11) is 0. The number of hydrogen-bond donors (Lipinski definition) is 1. The van der Waals surface area contributed by atoms with Gasteiger partial charge in [0.25, 0.3) is 0 Å². The fraction of sp³-hybridized carbons (Fsp3) is 0.647. The predicted molar refractivity (Wildman–Crippen MR) is 90.2 cm³/mol. The third kappa shape index (κ3) is 3.39. The molecule has 4 heteroatoms. The first-order chi connectivity index (χ1) is 10.1. The van der Waals surface area contributed by atoms with Crippen molar-refractivity contribution >= 4 is 23.2 Å². The summed E-state index contributed by atoms with van der Waals surface area (Å²) in [6.07, 6.45) is 5.34. The van der Waals surface area contributed by atoms with Crippen LogP contribution < -0.4 is 5.32 Å². The molecule has 1 aromatic rings. The van der Waals surface area contributed by atoms with E-state index < -0.39 is 0 Å². The molecule has 21 heavy (non-hydrogen) atoms. The van der Waals surface area contributed by atoms with Gasteiger partial charge in [-0.1, -0.05) is 29.3 Å². The van der Waals surface area contributed by atoms with Crippen LogP contribution in [0.2, 0.25) is 10.0 Å². The molecule has 2 nitrogen and oxygen atoms in total. The van der Waals surface area contributed by atoms with Gasteiger partial charge in [0.05, 0.1) is 10.0 Å². The maximum absolute atomic E-state index is 6.18. The Bertz CT molecular complexity index is 492. The molecule has 0 aromatic heterocycles. The monoisotopic (exact) mass is 326 g/mol. The molecule has 2 aliphatic rings. The lowest BCUT2D eigenvalue weighted by atomic mass is 9.74. The lowest BCUT2D eigenvalue weighted by Gasteiger charge is -2.47. The highest BCUT2D eigenvalue weighted by atomic mass is 35.5. The number of benzene rings is 1. The van der Waals surface area contributed by atoms with E-state index >= 15 is 0 Å². The summed E-state index contributed by atoms with van der Waals surface area (Å²) in [6, 6.07) is 6.45. The maximum atomic E-state index is 6.18. The van der Waals surface area contributed by atoms with Crippen molar-refractivity contribution in [1.29, 1.82) is 0 Å². The molecule has 0 bridgehead atoms. The molecular formula is C17H24Cl2N2. The Balaban J connectivity index is 1.74. The largest absolute Gasteiger partial charge is 0.316 e. The molecule has 116 valence electrons. The minimum Gasteiger partial charge on any atom is -0.316 e. The van der Waals surface area contributed by atoms with Gasteiger partial charge in [-0.25, -0.2) is 0 Å². The van der Waals surface area contributed by atoms with E-state index in [4.69, 9.17) is 23.2 Å². The molecule has 1 spiro atoms. The van der Waals surface area contributed by atoms with E-state index in [0.717, 1.165) is 0 Å². The van der Waals surface area contributed by atoms with E-state index in [9.17, 15) is 0 Å². The summed E-state index contributed by atoms with van der Waals surface area (Å²) in [5.74, 6) is 0. The van der Waals surface area contributed by atoms with Crippen LogP contribution in [0.25, 0.3) is 0 Å². The summed E-state index contributed by atoms with van der Waals surface area (Å²) in [5, 5.41) is 4.89. The molecule has 2 saturated heterocycles. The Morgan fingerprint density at radius 2 is 2.00 bits per heavy atom. The molecule has 1 aromatic carbocycles. The van der Waals surface area contributed by atoms with Crippen LogP contribution in [-0.4, -0.2) is 31.1 Å². The van der Waals surface area contributed by atoms with Crippen molar-refractivity contribution in [3.63, 3.8) is 0 Å². The van der Waals surface area contributed by atoms with Crippen LogP contribution in [0.1, 0.15) is 44.2 Å². The lowest BCUT2D eigenvalue weighted by molar-refractivity contribution is 0.0416. The normalized spacial score (nSPS) is 28.7. The maximum Gasteiger partial charge on any atom is 0.0595 e. The van der Waals surface area contributed by atoms with Crippen molar-refractivity contribution in [3.8, 4) is 0 Å². The van der Waals surface area contributed by atoms with Gasteiger partial charge in [-0.3, -0.25) is 4.90 Å². The number of nitrogens with one attached hydrogen (secondary N) is 1. The first kappa shape index (κ1) is 15.6. The second kappa shape index (κ2) is 6.45. The molecule has 2 atom stereocenters. The zero-order valence-corrected chi connectivity index (χ0v) is 14.2. The van der Waals surface area contributed by atoms with E-state index in [-0.39, 0.29) is 0 Å². The van der Waals surface area contributed by atoms with Crippen molar-refractivity contribution in [2.24, 2.45) is 5.41 Å². The number of nitrogens with zero attached hydrogens (tertiary/aromatic N) is 1. The average molecular weight is 327 g/mol. The fourth-order valence-electron chi connectivity index (χ4n) is 3.94. The third-order valence-electron chi connectivity index (χ3n) is 5.23. The van der Waals surface area contributed by atoms with Gasteiger partial charge in [-0.15, -0.1) is 0 Å². The van der Waals surface area contributed by atoms with Crippen molar-refractivity contribution < 1.29 is 0 Å². The average Bonchev–Trinajstić information content (AvgIpc) is 2.50.